The summed E-state index contributed by atoms with van der Waals surface area (Å²) in [7, 11) is 0. The molecule has 0 bridgehead atoms. The van der Waals surface area contributed by atoms with Crippen LogP contribution in [0.1, 0.15) is 28.8 Å². The lowest BCUT2D eigenvalue weighted by atomic mass is 10.1. The molecular weight excluding hydrogens is 404 g/mol. The van der Waals surface area contributed by atoms with Gasteiger partial charge in [0.15, 0.2) is 11.6 Å². The van der Waals surface area contributed by atoms with E-state index in [1.165, 1.54) is 0 Å². The van der Waals surface area contributed by atoms with Gasteiger partial charge >= 0.3 is 0 Å². The maximum atomic E-state index is 12.4. The van der Waals surface area contributed by atoms with Crippen LogP contribution in [-0.2, 0) is 6.61 Å². The van der Waals surface area contributed by atoms with Crippen molar-refractivity contribution in [2.45, 2.75) is 20.5 Å². The molecule has 0 atom stereocenters. The van der Waals surface area contributed by atoms with Gasteiger partial charge in [0.25, 0.3) is 0 Å². The molecule has 0 spiro atoms. The number of ether oxygens (including phenoxy) is 1. The van der Waals surface area contributed by atoms with E-state index in [1.807, 2.05) is 54.0 Å². The molecule has 0 amide bonds. The summed E-state index contributed by atoms with van der Waals surface area (Å²) in [6.07, 6.45) is 0. The van der Waals surface area contributed by atoms with Gasteiger partial charge in [-0.3, -0.25) is 4.79 Å². The van der Waals surface area contributed by atoms with E-state index >= 15 is 0 Å². The minimum absolute atomic E-state index is 0.0274. The minimum Gasteiger partial charge on any atom is -0.486 e. The van der Waals surface area contributed by atoms with E-state index in [0.29, 0.717) is 22.2 Å². The summed E-state index contributed by atoms with van der Waals surface area (Å²) in [5.74, 6) is 0.926. The summed E-state index contributed by atoms with van der Waals surface area (Å²) in [6, 6.07) is 13.0. The third kappa shape index (κ3) is 3.65. The second-order valence-electron chi connectivity index (χ2n) is 6.76. The number of nitrogen functional groups attached to an aromatic ring is 2. The number of ketones is 1. The lowest BCUT2D eigenvalue weighted by Crippen LogP contribution is -2.09. The largest absolute Gasteiger partial charge is 0.486 e. The molecule has 2 aromatic heterocycles. The zero-order chi connectivity index (χ0) is 21.4. The molecule has 8 nitrogen and oxygen atoms in total. The molecule has 152 valence electrons. The van der Waals surface area contributed by atoms with Gasteiger partial charge in [0.2, 0.25) is 11.9 Å². The van der Waals surface area contributed by atoms with E-state index in [0.717, 1.165) is 22.3 Å². The van der Waals surface area contributed by atoms with Gasteiger partial charge in [0, 0.05) is 27.4 Å². The van der Waals surface area contributed by atoms with E-state index in [1.54, 1.807) is 6.92 Å². The number of hydrogen-bond acceptors (Lipinski definition) is 7. The monoisotopic (exact) mass is 422 g/mol. The fourth-order valence-electron chi connectivity index (χ4n) is 3.52. The van der Waals surface area contributed by atoms with Crippen molar-refractivity contribution < 1.29 is 9.53 Å². The smallest absolute Gasteiger partial charge is 0.225 e. The van der Waals surface area contributed by atoms with Crippen molar-refractivity contribution in [3.05, 3.63) is 64.6 Å². The Kier molecular flexibility index (Phi) is 5.01. The van der Waals surface area contributed by atoms with E-state index in [4.69, 9.17) is 27.8 Å². The number of Topliss-reactive ketones (excluding diaryl/α,β-unsaturated/α-hetero) is 1. The van der Waals surface area contributed by atoms with Crippen LogP contribution in [-0.4, -0.2) is 25.3 Å². The molecule has 0 aliphatic rings. The van der Waals surface area contributed by atoms with Crippen LogP contribution in [0.15, 0.2) is 42.5 Å². The summed E-state index contributed by atoms with van der Waals surface area (Å²) in [4.78, 5) is 24.2. The van der Waals surface area contributed by atoms with E-state index in [9.17, 15) is 4.79 Å². The van der Waals surface area contributed by atoms with Gasteiger partial charge in [0.1, 0.15) is 12.4 Å². The highest BCUT2D eigenvalue weighted by Crippen LogP contribution is 2.32. The highest BCUT2D eigenvalue weighted by Gasteiger charge is 2.19. The van der Waals surface area contributed by atoms with Crippen LogP contribution in [0.4, 0.5) is 11.9 Å². The molecule has 0 saturated heterocycles. The molecule has 0 unspecified atom stereocenters. The first-order chi connectivity index (χ1) is 14.3. The first-order valence-electron chi connectivity index (χ1n) is 9.14. The SMILES string of the molecule is CC(=O)c1c(C)n(-c2ccc(Cl)cc2)c2ccc(OCc3nc(N)nc(N)n3)cc12. The fourth-order valence-corrected chi connectivity index (χ4v) is 3.65. The molecular formula is C21H19ClN6O2. The fraction of sp³-hybridized carbons (Fsp3) is 0.143. The minimum atomic E-state index is -0.0274. The van der Waals surface area contributed by atoms with Gasteiger partial charge in [-0.1, -0.05) is 11.6 Å². The average Bonchev–Trinajstić information content (AvgIpc) is 2.97. The second kappa shape index (κ2) is 7.64. The van der Waals surface area contributed by atoms with Gasteiger partial charge in [-0.05, 0) is 56.3 Å². The molecule has 0 aliphatic heterocycles. The molecule has 2 heterocycles. The number of fused-ring (bicyclic) bond motifs is 1. The Bertz CT molecular complexity index is 1250. The van der Waals surface area contributed by atoms with Gasteiger partial charge in [-0.15, -0.1) is 0 Å². The van der Waals surface area contributed by atoms with Crippen molar-refractivity contribution >= 4 is 40.2 Å². The molecule has 0 saturated carbocycles. The first kappa shape index (κ1) is 19.7. The Balaban J connectivity index is 1.75. The number of carbonyl (C=O) groups excluding carboxylic acids is 1. The second-order valence-corrected chi connectivity index (χ2v) is 7.20. The number of halogens is 1. The zero-order valence-electron chi connectivity index (χ0n) is 16.4. The molecule has 0 aliphatic carbocycles. The molecule has 9 heteroatoms. The number of carbonyl (C=O) groups is 1. The number of anilines is 2. The maximum absolute atomic E-state index is 12.4. The van der Waals surface area contributed by atoms with Gasteiger partial charge < -0.3 is 20.8 Å². The van der Waals surface area contributed by atoms with E-state index in [-0.39, 0.29) is 24.3 Å². The standard InChI is InChI=1S/C21H19ClN6O2/c1-11-19(12(2)29)16-9-15(30-10-18-25-20(23)27-21(24)26-18)7-8-17(16)28(11)14-5-3-13(22)4-6-14/h3-9H,10H2,1-2H3,(H4,23,24,25,26,27). The Labute approximate surface area is 177 Å². The van der Waals surface area contributed by atoms with Crippen molar-refractivity contribution in [3.63, 3.8) is 0 Å². The van der Waals surface area contributed by atoms with E-state index < -0.39 is 0 Å². The Morgan fingerprint density at radius 3 is 2.37 bits per heavy atom. The van der Waals surface area contributed by atoms with Crippen molar-refractivity contribution in [1.82, 2.24) is 19.5 Å². The number of nitrogens with two attached hydrogens (primary N) is 2. The van der Waals surface area contributed by atoms with Gasteiger partial charge in [-0.25, -0.2) is 0 Å². The van der Waals surface area contributed by atoms with Crippen LogP contribution in [0, 0.1) is 6.92 Å². The predicted molar refractivity (Wildman–Crippen MR) is 116 cm³/mol. The normalized spacial score (nSPS) is 11.0. The lowest BCUT2D eigenvalue weighted by Gasteiger charge is -2.09. The summed E-state index contributed by atoms with van der Waals surface area (Å²) in [5.41, 5.74) is 14.5. The highest BCUT2D eigenvalue weighted by molar-refractivity contribution is 6.30. The van der Waals surface area contributed by atoms with Crippen molar-refractivity contribution in [3.8, 4) is 11.4 Å². The summed E-state index contributed by atoms with van der Waals surface area (Å²) >= 11 is 6.03. The quantitative estimate of drug-likeness (QED) is 0.470. The highest BCUT2D eigenvalue weighted by atomic mass is 35.5. The zero-order valence-corrected chi connectivity index (χ0v) is 17.1. The van der Waals surface area contributed by atoms with Crippen molar-refractivity contribution in [1.29, 1.82) is 0 Å². The topological polar surface area (TPSA) is 122 Å². The Hall–Kier alpha value is -3.65. The molecule has 4 rings (SSSR count). The molecule has 4 aromatic rings. The average molecular weight is 423 g/mol. The Morgan fingerprint density at radius 1 is 1.07 bits per heavy atom. The lowest BCUT2D eigenvalue weighted by molar-refractivity contribution is 0.101. The molecule has 4 N–H and O–H groups in total. The van der Waals surface area contributed by atoms with E-state index in [2.05, 4.69) is 15.0 Å². The number of hydrogen-bond donors (Lipinski definition) is 2. The van der Waals surface area contributed by atoms with Crippen molar-refractivity contribution in [2.75, 3.05) is 11.5 Å². The molecule has 30 heavy (non-hydrogen) atoms. The third-order valence-corrected chi connectivity index (χ3v) is 4.95. The van der Waals surface area contributed by atoms with Crippen LogP contribution >= 0.6 is 11.6 Å². The van der Waals surface area contributed by atoms with Gasteiger partial charge in [0.05, 0.1) is 5.52 Å². The van der Waals surface area contributed by atoms with Crippen LogP contribution in [0.25, 0.3) is 16.6 Å². The summed E-state index contributed by atoms with van der Waals surface area (Å²) in [5, 5.41) is 1.44. The first-order valence-corrected chi connectivity index (χ1v) is 9.52. The Morgan fingerprint density at radius 2 is 1.73 bits per heavy atom. The molecule has 2 aromatic carbocycles. The van der Waals surface area contributed by atoms with Gasteiger partial charge in [-0.2, -0.15) is 15.0 Å². The summed E-state index contributed by atoms with van der Waals surface area (Å²) in [6.45, 7) is 3.54. The van der Waals surface area contributed by atoms with Crippen LogP contribution in [0.3, 0.4) is 0 Å². The van der Waals surface area contributed by atoms with Crippen LogP contribution < -0.4 is 16.2 Å². The number of benzene rings is 2. The van der Waals surface area contributed by atoms with Crippen LogP contribution in [0.5, 0.6) is 5.75 Å². The summed E-state index contributed by atoms with van der Waals surface area (Å²) < 4.78 is 7.84. The maximum Gasteiger partial charge on any atom is 0.225 e. The van der Waals surface area contributed by atoms with Crippen LogP contribution in [0.2, 0.25) is 5.02 Å². The molecule has 0 fully saturated rings. The van der Waals surface area contributed by atoms with Crippen molar-refractivity contribution in [2.24, 2.45) is 0 Å². The number of aromatic nitrogens is 4. The predicted octanol–water partition coefficient (Wildman–Crippen LogP) is 3.72. The third-order valence-electron chi connectivity index (χ3n) is 4.70. The number of rotatable bonds is 5. The molecule has 0 radical (unpaired) electrons. The number of nitrogens with zero attached hydrogens (tertiary/aromatic N) is 4.